The molecular weight excluding hydrogens is 240 g/mol. The van der Waals surface area contributed by atoms with Gasteiger partial charge in [0.15, 0.2) is 9.84 Å². The molecule has 0 spiro atoms. The molecule has 1 saturated heterocycles. The quantitative estimate of drug-likeness (QED) is 0.791. The number of nitrogens with zero attached hydrogens (tertiary/aromatic N) is 2. The third-order valence-corrected chi connectivity index (χ3v) is 5.86. The van der Waals surface area contributed by atoms with Gasteiger partial charge in [0.05, 0.1) is 17.6 Å². The molecule has 1 N–H and O–H groups in total. The Kier molecular flexibility index (Phi) is 2.52. The van der Waals surface area contributed by atoms with Crippen molar-refractivity contribution < 1.29 is 13.5 Å². The molecule has 0 radical (unpaired) electrons. The van der Waals surface area contributed by atoms with Crippen molar-refractivity contribution in [3.63, 3.8) is 0 Å². The van der Waals surface area contributed by atoms with Crippen molar-refractivity contribution in [2.24, 2.45) is 0 Å². The summed E-state index contributed by atoms with van der Waals surface area (Å²) in [5.41, 5.74) is 0.673. The molecule has 3 rings (SSSR count). The fraction of sp³-hybridized carbons (Fsp3) is 0.727. The van der Waals surface area contributed by atoms with E-state index in [0.29, 0.717) is 18.5 Å². The first kappa shape index (κ1) is 11.2. The molecule has 6 heteroatoms. The van der Waals surface area contributed by atoms with Gasteiger partial charge in [-0.05, 0) is 19.3 Å². The summed E-state index contributed by atoms with van der Waals surface area (Å²) in [6.45, 7) is 0.732. The predicted octanol–water partition coefficient (Wildman–Crippen LogP) is 0.440. The van der Waals surface area contributed by atoms with Gasteiger partial charge >= 0.3 is 0 Å². The first-order chi connectivity index (χ1) is 8.06. The molecule has 2 atom stereocenters. The van der Waals surface area contributed by atoms with Gasteiger partial charge in [-0.1, -0.05) is 0 Å². The SMILES string of the molecule is O=S1(=O)CCCC1c1cn2c(n1)CC(O)CC2. The van der Waals surface area contributed by atoms with E-state index in [1.165, 1.54) is 0 Å². The van der Waals surface area contributed by atoms with E-state index in [1.807, 2.05) is 10.8 Å². The van der Waals surface area contributed by atoms with Crippen LogP contribution in [0.2, 0.25) is 0 Å². The van der Waals surface area contributed by atoms with E-state index in [4.69, 9.17) is 0 Å². The van der Waals surface area contributed by atoms with Crippen LogP contribution in [0.25, 0.3) is 0 Å². The number of hydrogen-bond acceptors (Lipinski definition) is 4. The van der Waals surface area contributed by atoms with Crippen molar-refractivity contribution >= 4 is 9.84 Å². The van der Waals surface area contributed by atoms with Gasteiger partial charge in [0.25, 0.3) is 0 Å². The summed E-state index contributed by atoms with van der Waals surface area (Å²) >= 11 is 0. The minimum atomic E-state index is -2.99. The Labute approximate surface area is 100 Å². The summed E-state index contributed by atoms with van der Waals surface area (Å²) < 4.78 is 25.7. The van der Waals surface area contributed by atoms with Crippen LogP contribution in [0.1, 0.15) is 36.0 Å². The number of aliphatic hydroxyl groups is 1. The number of fused-ring (bicyclic) bond motifs is 1. The molecule has 94 valence electrons. The molecule has 0 aromatic carbocycles. The highest BCUT2D eigenvalue weighted by Crippen LogP contribution is 2.34. The van der Waals surface area contributed by atoms with Gasteiger partial charge in [-0.3, -0.25) is 0 Å². The number of aliphatic hydroxyl groups excluding tert-OH is 1. The minimum Gasteiger partial charge on any atom is -0.393 e. The van der Waals surface area contributed by atoms with E-state index >= 15 is 0 Å². The van der Waals surface area contributed by atoms with Gasteiger partial charge in [0, 0.05) is 19.2 Å². The fourth-order valence-electron chi connectivity index (χ4n) is 2.71. The normalized spacial score (nSPS) is 31.4. The lowest BCUT2D eigenvalue weighted by Gasteiger charge is -2.18. The third kappa shape index (κ3) is 1.89. The highest BCUT2D eigenvalue weighted by molar-refractivity contribution is 7.91. The van der Waals surface area contributed by atoms with Crippen LogP contribution < -0.4 is 0 Å². The number of sulfone groups is 1. The maximum absolute atomic E-state index is 11.8. The van der Waals surface area contributed by atoms with Gasteiger partial charge in [0.1, 0.15) is 11.1 Å². The fourth-order valence-corrected chi connectivity index (χ4v) is 4.57. The summed E-state index contributed by atoms with van der Waals surface area (Å²) in [4.78, 5) is 4.40. The second-order valence-corrected chi connectivity index (χ2v) is 7.22. The van der Waals surface area contributed by atoms with Crippen LogP contribution in [0.4, 0.5) is 0 Å². The molecule has 1 fully saturated rings. The van der Waals surface area contributed by atoms with Crippen molar-refractivity contribution in [3.05, 3.63) is 17.7 Å². The van der Waals surface area contributed by atoms with Crippen molar-refractivity contribution in [2.75, 3.05) is 5.75 Å². The number of hydrogen-bond donors (Lipinski definition) is 1. The average Bonchev–Trinajstić information content (AvgIpc) is 2.79. The molecule has 0 aliphatic carbocycles. The first-order valence-electron chi connectivity index (χ1n) is 6.02. The van der Waals surface area contributed by atoms with Crippen LogP contribution in [-0.2, 0) is 22.8 Å². The van der Waals surface area contributed by atoms with Gasteiger partial charge in [0.2, 0.25) is 0 Å². The Morgan fingerprint density at radius 3 is 2.94 bits per heavy atom. The highest BCUT2D eigenvalue weighted by atomic mass is 32.2. The second kappa shape index (κ2) is 3.81. The van der Waals surface area contributed by atoms with Crippen molar-refractivity contribution in [1.29, 1.82) is 0 Å². The molecule has 2 aliphatic heterocycles. The topological polar surface area (TPSA) is 72.2 Å². The summed E-state index contributed by atoms with van der Waals surface area (Å²) in [5, 5.41) is 9.14. The zero-order valence-electron chi connectivity index (χ0n) is 9.54. The maximum Gasteiger partial charge on any atom is 0.158 e. The second-order valence-electron chi connectivity index (χ2n) is 4.92. The van der Waals surface area contributed by atoms with Crippen LogP contribution in [0.3, 0.4) is 0 Å². The molecule has 0 bridgehead atoms. The van der Waals surface area contributed by atoms with Gasteiger partial charge in [-0.15, -0.1) is 0 Å². The summed E-state index contributed by atoms with van der Waals surface area (Å²) in [6, 6.07) is 0. The Balaban J connectivity index is 1.95. The van der Waals surface area contributed by atoms with E-state index in [1.54, 1.807) is 0 Å². The van der Waals surface area contributed by atoms with Crippen LogP contribution in [-0.4, -0.2) is 34.9 Å². The van der Waals surface area contributed by atoms with Crippen LogP contribution >= 0.6 is 0 Å². The van der Waals surface area contributed by atoms with E-state index in [2.05, 4.69) is 4.98 Å². The molecule has 17 heavy (non-hydrogen) atoms. The van der Waals surface area contributed by atoms with E-state index in [0.717, 1.165) is 25.2 Å². The molecule has 1 aromatic rings. The molecule has 3 heterocycles. The predicted molar refractivity (Wildman–Crippen MR) is 62.3 cm³/mol. The maximum atomic E-state index is 11.8. The molecule has 2 unspecified atom stereocenters. The van der Waals surface area contributed by atoms with Gasteiger partial charge in [-0.25, -0.2) is 13.4 Å². The number of aryl methyl sites for hydroxylation is 1. The van der Waals surface area contributed by atoms with Crippen LogP contribution in [0.5, 0.6) is 0 Å². The molecule has 1 aromatic heterocycles. The van der Waals surface area contributed by atoms with E-state index in [-0.39, 0.29) is 11.9 Å². The van der Waals surface area contributed by atoms with Crippen LogP contribution in [0, 0.1) is 0 Å². The lowest BCUT2D eigenvalue weighted by atomic mass is 10.1. The molecule has 0 saturated carbocycles. The average molecular weight is 256 g/mol. The molecule has 5 nitrogen and oxygen atoms in total. The van der Waals surface area contributed by atoms with Gasteiger partial charge in [-0.2, -0.15) is 0 Å². The lowest BCUT2D eigenvalue weighted by molar-refractivity contribution is 0.141. The summed E-state index contributed by atoms with van der Waals surface area (Å²) in [5.74, 6) is 1.10. The van der Waals surface area contributed by atoms with Crippen molar-refractivity contribution in [3.8, 4) is 0 Å². The number of aromatic nitrogens is 2. The molecule has 2 aliphatic rings. The Hall–Kier alpha value is -0.880. The first-order valence-corrected chi connectivity index (χ1v) is 7.73. The van der Waals surface area contributed by atoms with Crippen molar-refractivity contribution in [1.82, 2.24) is 9.55 Å². The number of imidazole rings is 1. The Morgan fingerprint density at radius 1 is 1.41 bits per heavy atom. The van der Waals surface area contributed by atoms with E-state index in [9.17, 15) is 13.5 Å². The van der Waals surface area contributed by atoms with Crippen molar-refractivity contribution in [2.45, 2.75) is 43.6 Å². The molecular formula is C11H16N2O3S. The van der Waals surface area contributed by atoms with E-state index < -0.39 is 15.1 Å². The largest absolute Gasteiger partial charge is 0.393 e. The lowest BCUT2D eigenvalue weighted by Crippen LogP contribution is -2.22. The summed E-state index contributed by atoms with van der Waals surface area (Å²) in [7, 11) is -2.99. The zero-order chi connectivity index (χ0) is 12.0. The molecule has 0 amide bonds. The summed E-state index contributed by atoms with van der Waals surface area (Å²) in [6.07, 6.45) is 4.19. The third-order valence-electron chi connectivity index (χ3n) is 3.66. The Bertz CT molecular complexity index is 535. The number of rotatable bonds is 1. The Morgan fingerprint density at radius 2 is 2.24 bits per heavy atom. The van der Waals surface area contributed by atoms with Gasteiger partial charge < -0.3 is 9.67 Å². The van der Waals surface area contributed by atoms with Crippen LogP contribution in [0.15, 0.2) is 6.20 Å². The highest BCUT2D eigenvalue weighted by Gasteiger charge is 2.35. The minimum absolute atomic E-state index is 0.280. The smallest absolute Gasteiger partial charge is 0.158 e. The zero-order valence-corrected chi connectivity index (χ0v) is 10.4. The standard InChI is InChI=1S/C11H16N2O3S/c14-8-3-4-13-7-9(12-11(13)6-8)10-2-1-5-17(10,15)16/h7-8,10,14H,1-6H2. The monoisotopic (exact) mass is 256 g/mol.